The van der Waals surface area contributed by atoms with Crippen molar-refractivity contribution in [2.24, 2.45) is 5.92 Å². The molecule has 1 aliphatic rings. The molecular formula is C19H32N2. The van der Waals surface area contributed by atoms with E-state index in [4.69, 9.17) is 0 Å². The molecule has 118 valence electrons. The van der Waals surface area contributed by atoms with Crippen LogP contribution < -0.4 is 5.32 Å². The molecule has 1 aliphatic heterocycles. The first-order valence-electron chi connectivity index (χ1n) is 8.67. The SMILES string of the molecule is CCC1CN(Cc2ccc(CC(C)C)cc2)C(CC)CN1. The molecule has 2 unspecified atom stereocenters. The number of rotatable bonds is 6. The van der Waals surface area contributed by atoms with Crippen LogP contribution in [0.4, 0.5) is 0 Å². The molecule has 0 spiro atoms. The van der Waals surface area contributed by atoms with E-state index in [9.17, 15) is 0 Å². The highest BCUT2D eigenvalue weighted by Crippen LogP contribution is 2.17. The molecule has 2 nitrogen and oxygen atoms in total. The predicted octanol–water partition coefficient (Wildman–Crippen LogP) is 3.85. The Morgan fingerprint density at radius 2 is 1.76 bits per heavy atom. The number of nitrogens with one attached hydrogen (secondary N) is 1. The van der Waals surface area contributed by atoms with E-state index >= 15 is 0 Å². The summed E-state index contributed by atoms with van der Waals surface area (Å²) in [5, 5.41) is 3.67. The Hall–Kier alpha value is -0.860. The summed E-state index contributed by atoms with van der Waals surface area (Å²) in [7, 11) is 0. The molecule has 21 heavy (non-hydrogen) atoms. The first kappa shape index (κ1) is 16.5. The highest BCUT2D eigenvalue weighted by Gasteiger charge is 2.25. The second-order valence-electron chi connectivity index (χ2n) is 6.92. The van der Waals surface area contributed by atoms with Gasteiger partial charge in [-0.05, 0) is 36.3 Å². The lowest BCUT2D eigenvalue weighted by atomic mass is 10.0. The first-order valence-corrected chi connectivity index (χ1v) is 8.67. The van der Waals surface area contributed by atoms with Crippen LogP contribution in [0.1, 0.15) is 51.7 Å². The number of piperazine rings is 1. The number of benzene rings is 1. The fourth-order valence-corrected chi connectivity index (χ4v) is 3.28. The number of hydrogen-bond donors (Lipinski definition) is 1. The number of hydrogen-bond acceptors (Lipinski definition) is 2. The van der Waals surface area contributed by atoms with Gasteiger partial charge in [-0.3, -0.25) is 4.90 Å². The maximum atomic E-state index is 3.67. The third-order valence-electron chi connectivity index (χ3n) is 4.63. The van der Waals surface area contributed by atoms with Crippen molar-refractivity contribution in [1.82, 2.24) is 10.2 Å². The van der Waals surface area contributed by atoms with Crippen molar-refractivity contribution >= 4 is 0 Å². The molecular weight excluding hydrogens is 256 g/mol. The van der Waals surface area contributed by atoms with Gasteiger partial charge in [0.05, 0.1) is 0 Å². The van der Waals surface area contributed by atoms with Gasteiger partial charge in [0.25, 0.3) is 0 Å². The summed E-state index contributed by atoms with van der Waals surface area (Å²) in [5.74, 6) is 0.735. The van der Waals surface area contributed by atoms with E-state index in [-0.39, 0.29) is 0 Å². The van der Waals surface area contributed by atoms with Crippen molar-refractivity contribution in [3.05, 3.63) is 35.4 Å². The smallest absolute Gasteiger partial charge is 0.0237 e. The Kier molecular flexibility index (Phi) is 6.25. The molecule has 0 aromatic heterocycles. The second-order valence-corrected chi connectivity index (χ2v) is 6.92. The average molecular weight is 288 g/mol. The van der Waals surface area contributed by atoms with E-state index in [1.165, 1.54) is 36.9 Å². The fraction of sp³-hybridized carbons (Fsp3) is 0.684. The lowest BCUT2D eigenvalue weighted by Crippen LogP contribution is -2.55. The zero-order valence-corrected chi connectivity index (χ0v) is 14.2. The first-order chi connectivity index (χ1) is 10.1. The van der Waals surface area contributed by atoms with Gasteiger partial charge in [-0.2, -0.15) is 0 Å². The molecule has 0 aliphatic carbocycles. The standard InChI is InChI=1S/C19H32N2/c1-5-18-14-21(19(6-2)12-20-18)13-17-9-7-16(8-10-17)11-15(3)4/h7-10,15,18-20H,5-6,11-14H2,1-4H3. The summed E-state index contributed by atoms with van der Waals surface area (Å²) in [6, 6.07) is 10.6. The van der Waals surface area contributed by atoms with E-state index in [1.807, 2.05) is 0 Å². The maximum Gasteiger partial charge on any atom is 0.0237 e. The summed E-state index contributed by atoms with van der Waals surface area (Å²) in [4.78, 5) is 2.67. The van der Waals surface area contributed by atoms with Crippen LogP contribution in [0.25, 0.3) is 0 Å². The molecule has 0 radical (unpaired) electrons. The molecule has 0 amide bonds. The van der Waals surface area contributed by atoms with Crippen molar-refractivity contribution in [2.75, 3.05) is 13.1 Å². The number of nitrogens with zero attached hydrogens (tertiary/aromatic N) is 1. The average Bonchev–Trinajstić information content (AvgIpc) is 2.48. The fourth-order valence-electron chi connectivity index (χ4n) is 3.28. The summed E-state index contributed by atoms with van der Waals surface area (Å²) in [6.07, 6.45) is 3.64. The Balaban J connectivity index is 1.98. The van der Waals surface area contributed by atoms with E-state index in [2.05, 4.69) is 62.2 Å². The maximum absolute atomic E-state index is 3.67. The van der Waals surface area contributed by atoms with E-state index < -0.39 is 0 Å². The van der Waals surface area contributed by atoms with Gasteiger partial charge in [-0.25, -0.2) is 0 Å². The second kappa shape index (κ2) is 7.95. The molecule has 2 rings (SSSR count). The molecule has 1 aromatic carbocycles. The quantitative estimate of drug-likeness (QED) is 0.855. The lowest BCUT2D eigenvalue weighted by Gasteiger charge is -2.40. The molecule has 1 N–H and O–H groups in total. The summed E-state index contributed by atoms with van der Waals surface area (Å²) < 4.78 is 0. The molecule has 1 heterocycles. The Morgan fingerprint density at radius 1 is 1.10 bits per heavy atom. The predicted molar refractivity (Wildman–Crippen MR) is 91.6 cm³/mol. The largest absolute Gasteiger partial charge is 0.311 e. The molecule has 1 aromatic rings. The summed E-state index contributed by atoms with van der Waals surface area (Å²) >= 11 is 0. The van der Waals surface area contributed by atoms with Crippen molar-refractivity contribution in [1.29, 1.82) is 0 Å². The van der Waals surface area contributed by atoms with Crippen LogP contribution in [0.2, 0.25) is 0 Å². The minimum absolute atomic E-state index is 0.660. The van der Waals surface area contributed by atoms with Crippen molar-refractivity contribution in [3.8, 4) is 0 Å². The molecule has 0 bridgehead atoms. The van der Waals surface area contributed by atoms with Crippen molar-refractivity contribution < 1.29 is 0 Å². The minimum atomic E-state index is 0.660. The van der Waals surface area contributed by atoms with Crippen LogP contribution in [0.15, 0.2) is 24.3 Å². The van der Waals surface area contributed by atoms with Gasteiger partial charge in [0.1, 0.15) is 0 Å². The van der Waals surface area contributed by atoms with Gasteiger partial charge in [-0.15, -0.1) is 0 Å². The summed E-state index contributed by atoms with van der Waals surface area (Å²) in [5.41, 5.74) is 2.92. The molecule has 0 saturated carbocycles. The van der Waals surface area contributed by atoms with Crippen LogP contribution in [0, 0.1) is 5.92 Å². The summed E-state index contributed by atoms with van der Waals surface area (Å²) in [6.45, 7) is 12.6. The van der Waals surface area contributed by atoms with Gasteiger partial charge in [-0.1, -0.05) is 52.0 Å². The van der Waals surface area contributed by atoms with Gasteiger partial charge in [0.15, 0.2) is 0 Å². The monoisotopic (exact) mass is 288 g/mol. The van der Waals surface area contributed by atoms with E-state index in [0.29, 0.717) is 12.1 Å². The highest BCUT2D eigenvalue weighted by molar-refractivity contribution is 5.23. The molecule has 1 fully saturated rings. The normalized spacial score (nSPS) is 23.7. The zero-order valence-electron chi connectivity index (χ0n) is 14.2. The minimum Gasteiger partial charge on any atom is -0.311 e. The van der Waals surface area contributed by atoms with E-state index in [1.54, 1.807) is 0 Å². The van der Waals surface area contributed by atoms with Crippen LogP contribution >= 0.6 is 0 Å². The molecule has 2 atom stereocenters. The van der Waals surface area contributed by atoms with Gasteiger partial charge >= 0.3 is 0 Å². The van der Waals surface area contributed by atoms with Gasteiger partial charge < -0.3 is 5.32 Å². The van der Waals surface area contributed by atoms with Crippen LogP contribution in [0.5, 0.6) is 0 Å². The van der Waals surface area contributed by atoms with Crippen LogP contribution in [-0.4, -0.2) is 30.1 Å². The van der Waals surface area contributed by atoms with E-state index in [0.717, 1.165) is 19.0 Å². The van der Waals surface area contributed by atoms with Gasteiger partial charge in [0, 0.05) is 31.7 Å². The Labute approximate surface area is 130 Å². The third-order valence-corrected chi connectivity index (χ3v) is 4.63. The Bertz CT molecular complexity index is 410. The topological polar surface area (TPSA) is 15.3 Å². The zero-order chi connectivity index (χ0) is 15.2. The third kappa shape index (κ3) is 4.82. The van der Waals surface area contributed by atoms with Crippen LogP contribution in [-0.2, 0) is 13.0 Å². The lowest BCUT2D eigenvalue weighted by molar-refractivity contribution is 0.117. The Morgan fingerprint density at radius 3 is 2.33 bits per heavy atom. The van der Waals surface area contributed by atoms with Crippen LogP contribution in [0.3, 0.4) is 0 Å². The van der Waals surface area contributed by atoms with Gasteiger partial charge in [0.2, 0.25) is 0 Å². The molecule has 1 saturated heterocycles. The van der Waals surface area contributed by atoms with Crippen molar-refractivity contribution in [2.45, 2.75) is 65.6 Å². The van der Waals surface area contributed by atoms with Crippen molar-refractivity contribution in [3.63, 3.8) is 0 Å². The molecule has 2 heteroatoms. The highest BCUT2D eigenvalue weighted by atomic mass is 15.2.